The molecule has 0 spiro atoms. The fraction of sp³-hybridized carbons (Fsp3) is 0.364. The number of nitrogens with zero attached hydrogens (tertiary/aromatic N) is 1. The monoisotopic (exact) mass is 402 g/mol. The number of benzene rings is 2. The number of hydrogen-bond donors (Lipinski definition) is 1. The van der Waals surface area contributed by atoms with Gasteiger partial charge in [0.25, 0.3) is 5.91 Å². The molecule has 0 aliphatic carbocycles. The van der Waals surface area contributed by atoms with E-state index < -0.39 is 0 Å². The standard InChI is InChI=1S/C22H24ClFN2O2/c1-15(13-16-3-2-4-19(23)14-16)25-21(27)17-9-11-26(12-10-17)22(28)18-5-7-20(24)8-6-18/h2-8,14-15,17H,9-13H2,1H3,(H,25,27)/t15-/m1/s1. The highest BCUT2D eigenvalue weighted by Gasteiger charge is 2.28. The molecule has 0 saturated carbocycles. The number of hydrogen-bond acceptors (Lipinski definition) is 2. The van der Waals surface area contributed by atoms with Crippen molar-refractivity contribution < 1.29 is 14.0 Å². The van der Waals surface area contributed by atoms with Crippen molar-refractivity contribution in [2.45, 2.75) is 32.2 Å². The van der Waals surface area contributed by atoms with Crippen molar-refractivity contribution in [2.24, 2.45) is 5.92 Å². The Kier molecular flexibility index (Phi) is 6.68. The summed E-state index contributed by atoms with van der Waals surface area (Å²) in [6, 6.07) is 13.2. The predicted octanol–water partition coefficient (Wildman–Crippen LogP) is 4.08. The highest BCUT2D eigenvalue weighted by atomic mass is 35.5. The molecule has 3 rings (SSSR count). The smallest absolute Gasteiger partial charge is 0.253 e. The lowest BCUT2D eigenvalue weighted by molar-refractivity contribution is -0.126. The van der Waals surface area contributed by atoms with Crippen LogP contribution >= 0.6 is 11.6 Å². The Morgan fingerprint density at radius 2 is 1.86 bits per heavy atom. The number of halogens is 2. The molecule has 1 heterocycles. The molecule has 6 heteroatoms. The van der Waals surface area contributed by atoms with Crippen molar-refractivity contribution >= 4 is 23.4 Å². The van der Waals surface area contributed by atoms with Gasteiger partial charge in [-0.15, -0.1) is 0 Å². The molecular formula is C22H24ClFN2O2. The minimum absolute atomic E-state index is 0.00448. The van der Waals surface area contributed by atoms with Crippen molar-refractivity contribution in [1.82, 2.24) is 10.2 Å². The minimum atomic E-state index is -0.362. The molecule has 1 atom stereocenters. The van der Waals surface area contributed by atoms with Crippen LogP contribution in [-0.2, 0) is 11.2 Å². The second-order valence-corrected chi connectivity index (χ2v) is 7.75. The molecule has 2 aromatic rings. The SMILES string of the molecule is C[C@H](Cc1cccc(Cl)c1)NC(=O)C1CCN(C(=O)c2ccc(F)cc2)CC1. The zero-order chi connectivity index (χ0) is 20.1. The van der Waals surface area contributed by atoms with E-state index in [9.17, 15) is 14.0 Å². The van der Waals surface area contributed by atoms with Crippen molar-refractivity contribution in [1.29, 1.82) is 0 Å². The number of carbonyl (C=O) groups is 2. The van der Waals surface area contributed by atoms with Crippen LogP contribution < -0.4 is 5.32 Å². The Balaban J connectivity index is 1.48. The Hall–Kier alpha value is -2.40. The van der Waals surface area contributed by atoms with Gasteiger partial charge in [-0.1, -0.05) is 23.7 Å². The highest BCUT2D eigenvalue weighted by molar-refractivity contribution is 6.30. The molecule has 148 valence electrons. The fourth-order valence-corrected chi connectivity index (χ4v) is 3.76. The molecule has 2 amide bonds. The van der Waals surface area contributed by atoms with Crippen LogP contribution in [0.4, 0.5) is 4.39 Å². The van der Waals surface area contributed by atoms with Crippen LogP contribution in [0.25, 0.3) is 0 Å². The zero-order valence-electron chi connectivity index (χ0n) is 15.8. The maximum absolute atomic E-state index is 13.0. The van der Waals surface area contributed by atoms with Gasteiger partial charge in [0.05, 0.1) is 0 Å². The van der Waals surface area contributed by atoms with Crippen LogP contribution in [0.5, 0.6) is 0 Å². The van der Waals surface area contributed by atoms with Crippen LogP contribution in [0.3, 0.4) is 0 Å². The van der Waals surface area contributed by atoms with E-state index in [4.69, 9.17) is 11.6 Å². The molecular weight excluding hydrogens is 379 g/mol. The third-order valence-corrected chi connectivity index (χ3v) is 5.30. The summed E-state index contributed by atoms with van der Waals surface area (Å²) in [5.41, 5.74) is 1.56. The predicted molar refractivity (Wildman–Crippen MR) is 108 cm³/mol. The normalized spacial score (nSPS) is 15.9. The molecule has 28 heavy (non-hydrogen) atoms. The second-order valence-electron chi connectivity index (χ2n) is 7.32. The van der Waals surface area contributed by atoms with E-state index in [1.54, 1.807) is 4.90 Å². The fourth-order valence-electron chi connectivity index (χ4n) is 3.55. The molecule has 0 aromatic heterocycles. The van der Waals surface area contributed by atoms with E-state index in [1.165, 1.54) is 24.3 Å². The largest absolute Gasteiger partial charge is 0.353 e. The van der Waals surface area contributed by atoms with E-state index >= 15 is 0 Å². The maximum Gasteiger partial charge on any atom is 0.253 e. The Labute approximate surface area is 169 Å². The third-order valence-electron chi connectivity index (χ3n) is 5.06. The second kappa shape index (κ2) is 9.20. The maximum atomic E-state index is 13.0. The molecule has 4 nitrogen and oxygen atoms in total. The van der Waals surface area contributed by atoms with Crippen molar-refractivity contribution in [3.8, 4) is 0 Å². The lowest BCUT2D eigenvalue weighted by Gasteiger charge is -2.32. The molecule has 1 aliphatic rings. The molecule has 1 saturated heterocycles. The van der Waals surface area contributed by atoms with Crippen LogP contribution in [0.2, 0.25) is 5.02 Å². The van der Waals surface area contributed by atoms with Gasteiger partial charge in [0.1, 0.15) is 5.82 Å². The van der Waals surface area contributed by atoms with Crippen molar-refractivity contribution in [2.75, 3.05) is 13.1 Å². The van der Waals surface area contributed by atoms with Gasteiger partial charge < -0.3 is 10.2 Å². The number of piperidine rings is 1. The average Bonchev–Trinajstić information content (AvgIpc) is 2.68. The lowest BCUT2D eigenvalue weighted by Crippen LogP contribution is -2.45. The zero-order valence-corrected chi connectivity index (χ0v) is 16.6. The molecule has 0 unspecified atom stereocenters. The summed E-state index contributed by atoms with van der Waals surface area (Å²) in [4.78, 5) is 26.8. The number of carbonyl (C=O) groups excluding carboxylic acids is 2. The van der Waals surface area contributed by atoms with E-state index in [1.807, 2.05) is 31.2 Å². The molecule has 1 fully saturated rings. The Bertz CT molecular complexity index is 833. The van der Waals surface area contributed by atoms with Gasteiger partial charge in [-0.25, -0.2) is 4.39 Å². The summed E-state index contributed by atoms with van der Waals surface area (Å²) in [5, 5.41) is 3.76. The Morgan fingerprint density at radius 3 is 2.50 bits per heavy atom. The first-order valence-corrected chi connectivity index (χ1v) is 9.90. The first kappa shape index (κ1) is 20.3. The van der Waals surface area contributed by atoms with Gasteiger partial charge in [-0.05, 0) is 68.1 Å². The van der Waals surface area contributed by atoms with Crippen LogP contribution in [0, 0.1) is 11.7 Å². The number of rotatable bonds is 5. The molecule has 0 bridgehead atoms. The van der Waals surface area contributed by atoms with Gasteiger partial charge in [-0.2, -0.15) is 0 Å². The van der Waals surface area contributed by atoms with Gasteiger partial charge in [0.15, 0.2) is 0 Å². The summed E-state index contributed by atoms with van der Waals surface area (Å²) >= 11 is 6.01. The summed E-state index contributed by atoms with van der Waals surface area (Å²) in [6.45, 7) is 3.03. The number of nitrogens with one attached hydrogen (secondary N) is 1. The molecule has 2 aromatic carbocycles. The summed E-state index contributed by atoms with van der Waals surface area (Å²) < 4.78 is 13.0. The van der Waals surface area contributed by atoms with Crippen molar-refractivity contribution in [3.63, 3.8) is 0 Å². The molecule has 0 radical (unpaired) electrons. The first-order chi connectivity index (χ1) is 13.4. The van der Waals surface area contributed by atoms with Crippen molar-refractivity contribution in [3.05, 3.63) is 70.5 Å². The third kappa shape index (κ3) is 5.32. The van der Waals surface area contributed by atoms with E-state index in [0.29, 0.717) is 42.9 Å². The quantitative estimate of drug-likeness (QED) is 0.819. The van der Waals surface area contributed by atoms with E-state index in [0.717, 1.165) is 5.56 Å². The van der Waals surface area contributed by atoms with Gasteiger partial charge in [-0.3, -0.25) is 9.59 Å². The summed E-state index contributed by atoms with van der Waals surface area (Å²) in [7, 11) is 0. The number of likely N-dealkylation sites (tertiary alicyclic amines) is 1. The highest BCUT2D eigenvalue weighted by Crippen LogP contribution is 2.20. The van der Waals surface area contributed by atoms with Crippen LogP contribution in [0.15, 0.2) is 48.5 Å². The summed E-state index contributed by atoms with van der Waals surface area (Å²) in [5.74, 6) is -0.547. The molecule has 1 N–H and O–H groups in total. The van der Waals surface area contributed by atoms with E-state index in [-0.39, 0.29) is 29.6 Å². The lowest BCUT2D eigenvalue weighted by atomic mass is 9.94. The van der Waals surface area contributed by atoms with Gasteiger partial charge in [0.2, 0.25) is 5.91 Å². The number of amides is 2. The topological polar surface area (TPSA) is 49.4 Å². The molecule has 1 aliphatic heterocycles. The summed E-state index contributed by atoms with van der Waals surface area (Å²) in [6.07, 6.45) is 1.97. The average molecular weight is 403 g/mol. The Morgan fingerprint density at radius 1 is 1.18 bits per heavy atom. The first-order valence-electron chi connectivity index (χ1n) is 9.52. The van der Waals surface area contributed by atoms with E-state index in [2.05, 4.69) is 5.32 Å². The van der Waals surface area contributed by atoms with Crippen LogP contribution in [-0.4, -0.2) is 35.8 Å². The van der Waals surface area contributed by atoms with Gasteiger partial charge >= 0.3 is 0 Å². The van der Waals surface area contributed by atoms with Gasteiger partial charge in [0, 0.05) is 35.6 Å². The van der Waals surface area contributed by atoms with Crippen LogP contribution in [0.1, 0.15) is 35.7 Å². The minimum Gasteiger partial charge on any atom is -0.353 e.